The number of amides is 2. The van der Waals surface area contributed by atoms with Gasteiger partial charge in [0.2, 0.25) is 11.8 Å². The van der Waals surface area contributed by atoms with Crippen LogP contribution in [0.5, 0.6) is 0 Å². The van der Waals surface area contributed by atoms with Crippen molar-refractivity contribution in [1.82, 2.24) is 10.2 Å². The summed E-state index contributed by atoms with van der Waals surface area (Å²) in [6.07, 6.45) is 6.96. The number of hydrogen-bond donors (Lipinski definition) is 1. The number of nitrogens with zero attached hydrogens (tertiary/aromatic N) is 1. The van der Waals surface area contributed by atoms with E-state index in [4.69, 9.17) is 0 Å². The van der Waals surface area contributed by atoms with Crippen molar-refractivity contribution < 1.29 is 9.59 Å². The molecule has 1 N–H and O–H groups in total. The molecule has 1 rings (SSSR count). The second-order valence-corrected chi connectivity index (χ2v) is 6.20. The third-order valence-corrected chi connectivity index (χ3v) is 4.37. The fraction of sp³-hybridized carbons (Fsp3) is 0.875. The fourth-order valence-electron chi connectivity index (χ4n) is 2.76. The molecule has 0 aliphatic carbocycles. The molecule has 20 heavy (non-hydrogen) atoms. The number of nitrogens with one attached hydrogen (secondary N) is 1. The van der Waals surface area contributed by atoms with Crippen LogP contribution in [0, 0.1) is 0 Å². The van der Waals surface area contributed by atoms with Gasteiger partial charge in [-0.15, -0.1) is 0 Å². The van der Waals surface area contributed by atoms with Crippen LogP contribution in [0.4, 0.5) is 0 Å². The van der Waals surface area contributed by atoms with Crippen molar-refractivity contribution in [1.29, 1.82) is 0 Å². The van der Waals surface area contributed by atoms with Crippen molar-refractivity contribution >= 4 is 11.8 Å². The predicted molar refractivity (Wildman–Crippen MR) is 81.4 cm³/mol. The summed E-state index contributed by atoms with van der Waals surface area (Å²) in [5.41, 5.74) is -0.731. The molecule has 1 fully saturated rings. The van der Waals surface area contributed by atoms with Crippen molar-refractivity contribution in [3.63, 3.8) is 0 Å². The first kappa shape index (κ1) is 17.0. The van der Waals surface area contributed by atoms with Gasteiger partial charge in [0.15, 0.2) is 0 Å². The van der Waals surface area contributed by atoms with Gasteiger partial charge in [-0.25, -0.2) is 0 Å². The number of rotatable bonds is 7. The summed E-state index contributed by atoms with van der Waals surface area (Å²) in [6, 6.07) is 0.00190. The molecule has 0 spiro atoms. The lowest BCUT2D eigenvalue weighted by Gasteiger charge is -2.33. The van der Waals surface area contributed by atoms with Crippen molar-refractivity contribution in [2.45, 2.75) is 84.2 Å². The monoisotopic (exact) mass is 282 g/mol. The van der Waals surface area contributed by atoms with Crippen LogP contribution in [0.2, 0.25) is 0 Å². The Hall–Kier alpha value is -1.06. The van der Waals surface area contributed by atoms with Crippen LogP contribution in [0.3, 0.4) is 0 Å². The van der Waals surface area contributed by atoms with Crippen LogP contribution in [0.1, 0.15) is 72.6 Å². The van der Waals surface area contributed by atoms with Crippen LogP contribution in [0.25, 0.3) is 0 Å². The molecule has 1 aliphatic heterocycles. The maximum atomic E-state index is 12.7. The van der Waals surface area contributed by atoms with E-state index in [0.29, 0.717) is 12.8 Å². The van der Waals surface area contributed by atoms with E-state index >= 15 is 0 Å². The molecule has 0 aromatic rings. The fourth-order valence-corrected chi connectivity index (χ4v) is 2.76. The molecule has 1 aliphatic rings. The second-order valence-electron chi connectivity index (χ2n) is 6.20. The molecule has 1 saturated heterocycles. The maximum Gasteiger partial charge on any atom is 0.248 e. The first-order valence-electron chi connectivity index (χ1n) is 8.06. The SMILES string of the molecule is CCCCCCCN1C(=O)C(C)(CC)NC(=O)CC1C. The Morgan fingerprint density at radius 1 is 1.20 bits per heavy atom. The number of carbonyl (C=O) groups is 2. The quantitative estimate of drug-likeness (QED) is 0.730. The first-order chi connectivity index (χ1) is 9.44. The first-order valence-corrected chi connectivity index (χ1v) is 8.06. The van der Waals surface area contributed by atoms with Crippen LogP contribution in [0.15, 0.2) is 0 Å². The van der Waals surface area contributed by atoms with E-state index in [1.54, 1.807) is 0 Å². The Morgan fingerprint density at radius 3 is 2.45 bits per heavy atom. The number of hydrogen-bond acceptors (Lipinski definition) is 2. The highest BCUT2D eigenvalue weighted by Crippen LogP contribution is 2.22. The average molecular weight is 282 g/mol. The summed E-state index contributed by atoms with van der Waals surface area (Å²) < 4.78 is 0. The molecular formula is C16H30N2O2. The minimum atomic E-state index is -0.731. The Morgan fingerprint density at radius 2 is 1.85 bits per heavy atom. The topological polar surface area (TPSA) is 49.4 Å². The molecule has 1 heterocycles. The molecular weight excluding hydrogens is 252 g/mol. The van der Waals surface area contributed by atoms with Gasteiger partial charge in [0, 0.05) is 19.0 Å². The maximum absolute atomic E-state index is 12.7. The van der Waals surface area contributed by atoms with E-state index in [-0.39, 0.29) is 17.9 Å². The van der Waals surface area contributed by atoms with Crippen molar-refractivity contribution in [3.05, 3.63) is 0 Å². The van der Waals surface area contributed by atoms with Gasteiger partial charge in [-0.3, -0.25) is 9.59 Å². The Balaban J connectivity index is 2.65. The lowest BCUT2D eigenvalue weighted by atomic mass is 9.97. The van der Waals surface area contributed by atoms with Crippen LogP contribution < -0.4 is 5.32 Å². The van der Waals surface area contributed by atoms with E-state index in [9.17, 15) is 9.59 Å². The third kappa shape index (κ3) is 4.22. The second kappa shape index (κ2) is 7.65. The molecule has 2 atom stereocenters. The minimum Gasteiger partial charge on any atom is -0.342 e. The van der Waals surface area contributed by atoms with Gasteiger partial charge in [-0.2, -0.15) is 0 Å². The van der Waals surface area contributed by atoms with Gasteiger partial charge >= 0.3 is 0 Å². The summed E-state index contributed by atoms with van der Waals surface area (Å²) in [5.74, 6) is 0.0672. The van der Waals surface area contributed by atoms with Crippen LogP contribution >= 0.6 is 0 Å². The van der Waals surface area contributed by atoms with E-state index in [1.807, 2.05) is 25.7 Å². The van der Waals surface area contributed by atoms with Gasteiger partial charge in [-0.1, -0.05) is 39.5 Å². The van der Waals surface area contributed by atoms with Gasteiger partial charge in [-0.05, 0) is 26.7 Å². The zero-order valence-corrected chi connectivity index (χ0v) is 13.5. The van der Waals surface area contributed by atoms with Crippen LogP contribution in [-0.2, 0) is 9.59 Å². The number of carbonyl (C=O) groups excluding carboxylic acids is 2. The van der Waals surface area contributed by atoms with Crippen molar-refractivity contribution in [2.24, 2.45) is 0 Å². The summed E-state index contributed by atoms with van der Waals surface area (Å²) in [7, 11) is 0. The smallest absolute Gasteiger partial charge is 0.248 e. The highest BCUT2D eigenvalue weighted by atomic mass is 16.2. The van der Waals surface area contributed by atoms with Gasteiger partial charge in [0.1, 0.15) is 5.54 Å². The zero-order valence-electron chi connectivity index (χ0n) is 13.5. The molecule has 0 radical (unpaired) electrons. The largest absolute Gasteiger partial charge is 0.342 e. The van der Waals surface area contributed by atoms with E-state index in [2.05, 4.69) is 12.2 Å². The molecule has 0 aromatic carbocycles. The Kier molecular flexibility index (Phi) is 6.50. The summed E-state index contributed by atoms with van der Waals surface area (Å²) in [6.45, 7) is 8.74. The molecule has 4 heteroatoms. The standard InChI is InChI=1S/C16H30N2O2/c1-5-7-8-9-10-11-18-13(3)12-14(19)17-16(4,6-2)15(18)20/h13H,5-12H2,1-4H3,(H,17,19). The molecule has 116 valence electrons. The lowest BCUT2D eigenvalue weighted by Crippen LogP contribution is -2.55. The average Bonchev–Trinajstić information content (AvgIpc) is 2.48. The van der Waals surface area contributed by atoms with Gasteiger partial charge in [0.25, 0.3) is 0 Å². The highest BCUT2D eigenvalue weighted by Gasteiger charge is 2.41. The van der Waals surface area contributed by atoms with Crippen molar-refractivity contribution in [2.75, 3.05) is 6.54 Å². The van der Waals surface area contributed by atoms with Crippen molar-refractivity contribution in [3.8, 4) is 0 Å². The summed E-state index contributed by atoms with van der Waals surface area (Å²) in [4.78, 5) is 26.5. The molecule has 2 unspecified atom stereocenters. The van der Waals surface area contributed by atoms with E-state index < -0.39 is 5.54 Å². The molecule has 0 saturated carbocycles. The Labute approximate surface area is 123 Å². The third-order valence-electron chi connectivity index (χ3n) is 4.37. The highest BCUT2D eigenvalue weighted by molar-refractivity contribution is 5.93. The normalized spacial score (nSPS) is 27.4. The lowest BCUT2D eigenvalue weighted by molar-refractivity contribution is -0.139. The van der Waals surface area contributed by atoms with Crippen LogP contribution in [-0.4, -0.2) is 34.8 Å². The van der Waals surface area contributed by atoms with Gasteiger partial charge in [0.05, 0.1) is 0 Å². The van der Waals surface area contributed by atoms with E-state index in [0.717, 1.165) is 19.4 Å². The molecule has 0 bridgehead atoms. The molecule has 0 aromatic heterocycles. The van der Waals surface area contributed by atoms with E-state index in [1.165, 1.54) is 19.3 Å². The minimum absolute atomic E-state index is 0.00190. The number of unbranched alkanes of at least 4 members (excludes halogenated alkanes) is 4. The Bertz CT molecular complexity index is 343. The molecule has 2 amide bonds. The molecule has 4 nitrogen and oxygen atoms in total. The summed E-state index contributed by atoms with van der Waals surface area (Å²) in [5, 5.41) is 2.90. The summed E-state index contributed by atoms with van der Waals surface area (Å²) >= 11 is 0. The zero-order chi connectivity index (χ0) is 15.2. The predicted octanol–water partition coefficient (Wildman–Crippen LogP) is 2.86. The van der Waals surface area contributed by atoms with Gasteiger partial charge < -0.3 is 10.2 Å².